The number of ether oxygens (including phenoxy) is 3. The fraction of sp³-hybridized carbons (Fsp3) is 0.185. The second-order valence-corrected chi connectivity index (χ2v) is 7.82. The van der Waals surface area contributed by atoms with Crippen LogP contribution >= 0.6 is 0 Å². The third kappa shape index (κ3) is 5.38. The summed E-state index contributed by atoms with van der Waals surface area (Å²) in [6.45, 7) is 0.128. The van der Waals surface area contributed by atoms with Crippen LogP contribution in [0.2, 0.25) is 0 Å². The lowest BCUT2D eigenvalue weighted by atomic mass is 10.1. The van der Waals surface area contributed by atoms with Gasteiger partial charge in [0.1, 0.15) is 12.3 Å². The highest BCUT2D eigenvalue weighted by Crippen LogP contribution is 2.30. The van der Waals surface area contributed by atoms with Crippen LogP contribution < -0.4 is 30.4 Å². The smallest absolute Gasteiger partial charge is 0.256 e. The van der Waals surface area contributed by atoms with Gasteiger partial charge >= 0.3 is 0 Å². The predicted molar refractivity (Wildman–Crippen MR) is 137 cm³/mol. The summed E-state index contributed by atoms with van der Waals surface area (Å²) < 4.78 is 17.5. The van der Waals surface area contributed by atoms with E-state index in [0.29, 0.717) is 34.0 Å². The van der Waals surface area contributed by atoms with Gasteiger partial charge in [0, 0.05) is 34.9 Å². The van der Waals surface area contributed by atoms with Gasteiger partial charge in [0.15, 0.2) is 11.5 Å². The Morgan fingerprint density at radius 2 is 1.60 bits per heavy atom. The molecule has 0 atom stereocenters. The summed E-state index contributed by atoms with van der Waals surface area (Å²) in [5.74, 6) is 1.56. The molecule has 0 radical (unpaired) electrons. The molecule has 0 aliphatic carbocycles. The van der Waals surface area contributed by atoms with Crippen molar-refractivity contribution in [2.45, 2.75) is 13.1 Å². The van der Waals surface area contributed by atoms with E-state index in [0.717, 1.165) is 11.1 Å². The van der Waals surface area contributed by atoms with Crippen molar-refractivity contribution in [1.82, 2.24) is 4.57 Å². The molecule has 1 heterocycles. The van der Waals surface area contributed by atoms with Gasteiger partial charge in [-0.05, 0) is 48.5 Å². The van der Waals surface area contributed by atoms with Crippen LogP contribution in [0.5, 0.6) is 17.2 Å². The number of nitrogens with zero attached hydrogens (tertiary/aromatic N) is 1. The van der Waals surface area contributed by atoms with E-state index in [9.17, 15) is 9.59 Å². The van der Waals surface area contributed by atoms with Crippen LogP contribution in [0.4, 0.5) is 11.4 Å². The highest BCUT2D eigenvalue weighted by atomic mass is 16.5. The highest BCUT2D eigenvalue weighted by molar-refractivity contribution is 5.92. The lowest BCUT2D eigenvalue weighted by Gasteiger charge is -2.15. The summed E-state index contributed by atoms with van der Waals surface area (Å²) >= 11 is 0. The number of methoxy groups -OCH3 is 3. The van der Waals surface area contributed by atoms with Gasteiger partial charge in [-0.1, -0.05) is 18.2 Å². The van der Waals surface area contributed by atoms with Gasteiger partial charge in [-0.25, -0.2) is 0 Å². The molecule has 8 heteroatoms. The number of pyridine rings is 1. The number of amides is 1. The predicted octanol–water partition coefficient (Wildman–Crippen LogP) is 4.28. The molecule has 1 amide bonds. The van der Waals surface area contributed by atoms with Crippen molar-refractivity contribution in [3.8, 4) is 17.2 Å². The Morgan fingerprint density at radius 1 is 0.829 bits per heavy atom. The molecule has 0 saturated carbocycles. The molecular formula is C27H27N3O5. The minimum Gasteiger partial charge on any atom is -0.497 e. The number of aromatic nitrogens is 1. The maximum Gasteiger partial charge on any atom is 0.256 e. The monoisotopic (exact) mass is 473 g/mol. The molecule has 0 spiro atoms. The van der Waals surface area contributed by atoms with Crippen molar-refractivity contribution in [2.24, 2.45) is 0 Å². The maximum atomic E-state index is 13.4. The zero-order chi connectivity index (χ0) is 24.8. The molecule has 0 unspecified atom stereocenters. The number of anilines is 2. The SMILES string of the molecule is COc1ccc2c(c1)cc(CNc1ccc(OC)c(OC)c1)c(=O)n2CC(=O)Nc1ccccc1. The van der Waals surface area contributed by atoms with Crippen LogP contribution in [0.25, 0.3) is 10.9 Å². The van der Waals surface area contributed by atoms with Crippen LogP contribution in [0.15, 0.2) is 77.6 Å². The van der Waals surface area contributed by atoms with E-state index in [-0.39, 0.29) is 24.6 Å². The normalized spacial score (nSPS) is 10.6. The fourth-order valence-corrected chi connectivity index (χ4v) is 3.85. The molecule has 4 rings (SSSR count). The van der Waals surface area contributed by atoms with Crippen LogP contribution in [0.1, 0.15) is 5.56 Å². The lowest BCUT2D eigenvalue weighted by Crippen LogP contribution is -2.30. The molecule has 0 aliphatic rings. The third-order valence-corrected chi connectivity index (χ3v) is 5.60. The molecule has 180 valence electrons. The summed E-state index contributed by atoms with van der Waals surface area (Å²) in [6, 6.07) is 21.8. The number of fused-ring (bicyclic) bond motifs is 1. The zero-order valence-electron chi connectivity index (χ0n) is 19.8. The van der Waals surface area contributed by atoms with E-state index in [4.69, 9.17) is 14.2 Å². The minimum absolute atomic E-state index is 0.124. The molecule has 4 aromatic rings. The quantitative estimate of drug-likeness (QED) is 0.377. The molecule has 0 saturated heterocycles. The van der Waals surface area contributed by atoms with Crippen molar-refractivity contribution in [3.63, 3.8) is 0 Å². The van der Waals surface area contributed by atoms with Gasteiger partial charge in [-0.3, -0.25) is 14.2 Å². The van der Waals surface area contributed by atoms with Gasteiger partial charge in [0.05, 0.1) is 26.8 Å². The van der Waals surface area contributed by atoms with E-state index in [1.54, 1.807) is 57.7 Å². The topological polar surface area (TPSA) is 90.8 Å². The summed E-state index contributed by atoms with van der Waals surface area (Å²) in [6.07, 6.45) is 0. The molecule has 3 aromatic carbocycles. The van der Waals surface area contributed by atoms with Crippen molar-refractivity contribution < 1.29 is 19.0 Å². The number of rotatable bonds is 9. The molecule has 35 heavy (non-hydrogen) atoms. The van der Waals surface area contributed by atoms with Gasteiger partial charge in [-0.2, -0.15) is 0 Å². The Hall–Kier alpha value is -4.46. The Kier molecular flexibility index (Phi) is 7.21. The molecule has 0 aliphatic heterocycles. The highest BCUT2D eigenvalue weighted by Gasteiger charge is 2.14. The molecule has 8 nitrogen and oxygen atoms in total. The van der Waals surface area contributed by atoms with E-state index >= 15 is 0 Å². The number of benzene rings is 3. The van der Waals surface area contributed by atoms with E-state index in [1.165, 1.54) is 4.57 Å². The van der Waals surface area contributed by atoms with Gasteiger partial charge in [0.25, 0.3) is 5.56 Å². The van der Waals surface area contributed by atoms with E-state index in [1.807, 2.05) is 36.4 Å². The number of hydrogen-bond donors (Lipinski definition) is 2. The largest absolute Gasteiger partial charge is 0.497 e. The van der Waals surface area contributed by atoms with Gasteiger partial charge in [-0.15, -0.1) is 0 Å². The molecule has 0 fully saturated rings. The van der Waals surface area contributed by atoms with Crippen molar-refractivity contribution in [2.75, 3.05) is 32.0 Å². The number of hydrogen-bond acceptors (Lipinski definition) is 6. The second kappa shape index (κ2) is 10.6. The Bertz CT molecular complexity index is 1400. The van der Waals surface area contributed by atoms with Gasteiger partial charge < -0.3 is 24.8 Å². The summed E-state index contributed by atoms with van der Waals surface area (Å²) in [5, 5.41) is 6.89. The standard InChI is InChI=1S/C27H27N3O5/c1-33-22-10-11-23-18(14-22)13-19(16-28-21-9-12-24(34-2)25(15-21)35-3)27(32)30(23)17-26(31)29-20-7-5-4-6-8-20/h4-15,28H,16-17H2,1-3H3,(H,29,31). The molecule has 0 bridgehead atoms. The molecular weight excluding hydrogens is 446 g/mol. The Labute approximate surface area is 203 Å². The van der Waals surface area contributed by atoms with Gasteiger partial charge in [0.2, 0.25) is 5.91 Å². The first-order valence-corrected chi connectivity index (χ1v) is 11.0. The number of carbonyl (C=O) groups is 1. The minimum atomic E-state index is -0.291. The van der Waals surface area contributed by atoms with Crippen LogP contribution in [0.3, 0.4) is 0 Å². The average molecular weight is 474 g/mol. The Balaban J connectivity index is 1.66. The average Bonchev–Trinajstić information content (AvgIpc) is 2.89. The van der Waals surface area contributed by atoms with Crippen molar-refractivity contribution in [1.29, 1.82) is 0 Å². The van der Waals surface area contributed by atoms with Crippen LogP contribution in [0, 0.1) is 0 Å². The first-order valence-electron chi connectivity index (χ1n) is 11.0. The van der Waals surface area contributed by atoms with Crippen LogP contribution in [-0.4, -0.2) is 31.8 Å². The number of carbonyl (C=O) groups excluding carboxylic acids is 1. The van der Waals surface area contributed by atoms with Crippen LogP contribution in [-0.2, 0) is 17.9 Å². The Morgan fingerprint density at radius 3 is 2.31 bits per heavy atom. The summed E-state index contributed by atoms with van der Waals surface area (Å²) in [4.78, 5) is 26.2. The molecule has 2 N–H and O–H groups in total. The molecule has 1 aromatic heterocycles. The maximum absolute atomic E-state index is 13.4. The summed E-state index contributed by atoms with van der Waals surface area (Å²) in [7, 11) is 4.73. The first kappa shape index (κ1) is 23.7. The third-order valence-electron chi connectivity index (χ3n) is 5.60. The fourth-order valence-electron chi connectivity index (χ4n) is 3.85. The zero-order valence-corrected chi connectivity index (χ0v) is 19.8. The summed E-state index contributed by atoms with van der Waals surface area (Å²) in [5.41, 5.74) is 2.34. The number of nitrogens with one attached hydrogen (secondary N) is 2. The van der Waals surface area contributed by atoms with Crippen molar-refractivity contribution >= 4 is 28.2 Å². The van der Waals surface area contributed by atoms with E-state index < -0.39 is 0 Å². The van der Waals surface area contributed by atoms with E-state index in [2.05, 4.69) is 10.6 Å². The lowest BCUT2D eigenvalue weighted by molar-refractivity contribution is -0.116. The van der Waals surface area contributed by atoms with Crippen molar-refractivity contribution in [3.05, 3.63) is 88.7 Å². The second-order valence-electron chi connectivity index (χ2n) is 7.82. The number of para-hydroxylation sites is 1. The first-order chi connectivity index (χ1) is 17.0.